The van der Waals surface area contributed by atoms with Gasteiger partial charge in [-0.3, -0.25) is 0 Å². The van der Waals surface area contributed by atoms with Crippen molar-refractivity contribution in [3.8, 4) is 0 Å². The summed E-state index contributed by atoms with van der Waals surface area (Å²) in [6, 6.07) is 0. The molecule has 0 aromatic carbocycles. The van der Waals surface area contributed by atoms with Gasteiger partial charge in [-0.1, -0.05) is 6.08 Å². The van der Waals surface area contributed by atoms with E-state index in [-0.39, 0.29) is 18.9 Å². The van der Waals surface area contributed by atoms with E-state index in [0.717, 1.165) is 0 Å². The fourth-order valence-electron chi connectivity index (χ4n) is 1.58. The van der Waals surface area contributed by atoms with Gasteiger partial charge in [-0.05, 0) is 32.1 Å². The molecule has 0 amide bonds. The number of nitrogens with two attached hydrogens (primary N) is 1. The second-order valence-corrected chi connectivity index (χ2v) is 5.90. The van der Waals surface area contributed by atoms with Crippen molar-refractivity contribution in [3.63, 3.8) is 0 Å². The van der Waals surface area contributed by atoms with Gasteiger partial charge < -0.3 is 10.2 Å². The van der Waals surface area contributed by atoms with Crippen molar-refractivity contribution in [1.82, 2.24) is 0 Å². The highest BCUT2D eigenvalue weighted by molar-refractivity contribution is 7.89. The summed E-state index contributed by atoms with van der Waals surface area (Å²) in [5.74, 6) is -0.269. The van der Waals surface area contributed by atoms with Crippen molar-refractivity contribution in [2.45, 2.75) is 37.5 Å². The van der Waals surface area contributed by atoms with E-state index in [1.165, 1.54) is 6.92 Å². The molecule has 16 heavy (non-hydrogen) atoms. The van der Waals surface area contributed by atoms with Crippen LogP contribution in [0.25, 0.3) is 0 Å². The number of allylic oxidation sites excluding steroid dienone is 1. The first kappa shape index (κ1) is 15.6. The smallest absolute Gasteiger partial charge is 0.211 e. The first-order chi connectivity index (χ1) is 7.32. The van der Waals surface area contributed by atoms with Crippen LogP contribution >= 0.6 is 0 Å². The van der Waals surface area contributed by atoms with E-state index >= 15 is 0 Å². The standard InChI is InChI=1S/C10H21NO4S/c1-3-4-9(7-10(13)5-6-12)8(2)16(11,14)15/h3,8-10,12-13H,1,4-7H2,2H3,(H2,11,14,15)/t8-,9+,10-/m0/s1. The number of hydrogen-bond acceptors (Lipinski definition) is 4. The molecular weight excluding hydrogens is 230 g/mol. The maximum atomic E-state index is 11.2. The zero-order valence-electron chi connectivity index (χ0n) is 9.54. The first-order valence-corrected chi connectivity index (χ1v) is 6.85. The van der Waals surface area contributed by atoms with Crippen molar-refractivity contribution < 1.29 is 18.6 Å². The average Bonchev–Trinajstić information content (AvgIpc) is 2.15. The number of aliphatic hydroxyl groups excluding tert-OH is 2. The topological polar surface area (TPSA) is 101 Å². The minimum absolute atomic E-state index is 0.119. The van der Waals surface area contributed by atoms with Crippen LogP contribution in [0.5, 0.6) is 0 Å². The highest BCUT2D eigenvalue weighted by atomic mass is 32.2. The molecule has 6 heteroatoms. The van der Waals surface area contributed by atoms with Crippen LogP contribution in [0.3, 0.4) is 0 Å². The molecule has 0 aromatic heterocycles. The van der Waals surface area contributed by atoms with E-state index in [4.69, 9.17) is 10.2 Å². The lowest BCUT2D eigenvalue weighted by atomic mass is 9.94. The first-order valence-electron chi connectivity index (χ1n) is 5.24. The third-order valence-electron chi connectivity index (χ3n) is 2.69. The van der Waals surface area contributed by atoms with Crippen molar-refractivity contribution in [2.24, 2.45) is 11.1 Å². The number of aliphatic hydroxyl groups is 2. The van der Waals surface area contributed by atoms with Crippen LogP contribution < -0.4 is 5.14 Å². The molecule has 0 aliphatic heterocycles. The Morgan fingerprint density at radius 2 is 2.06 bits per heavy atom. The Balaban J connectivity index is 4.54. The second-order valence-electron chi connectivity index (χ2n) is 3.98. The maximum Gasteiger partial charge on any atom is 0.211 e. The van der Waals surface area contributed by atoms with Crippen molar-refractivity contribution >= 4 is 10.0 Å². The van der Waals surface area contributed by atoms with Crippen LogP contribution in [0, 0.1) is 5.92 Å². The molecule has 5 nitrogen and oxygen atoms in total. The summed E-state index contributed by atoms with van der Waals surface area (Å²) in [5, 5.41) is 22.5. The zero-order valence-corrected chi connectivity index (χ0v) is 10.4. The molecule has 0 heterocycles. The number of hydrogen-bond donors (Lipinski definition) is 3. The molecule has 0 saturated heterocycles. The molecule has 0 bridgehead atoms. The van der Waals surface area contributed by atoms with Gasteiger partial charge in [-0.15, -0.1) is 6.58 Å². The van der Waals surface area contributed by atoms with Gasteiger partial charge in [0, 0.05) is 6.61 Å². The number of sulfonamides is 1. The summed E-state index contributed by atoms with van der Waals surface area (Å²) in [6.07, 6.45) is 1.91. The van der Waals surface area contributed by atoms with Crippen LogP contribution in [-0.4, -0.2) is 36.6 Å². The molecular formula is C10H21NO4S. The molecule has 0 fully saturated rings. The van der Waals surface area contributed by atoms with E-state index in [1.807, 2.05) is 0 Å². The maximum absolute atomic E-state index is 11.2. The van der Waals surface area contributed by atoms with Crippen LogP contribution in [0.4, 0.5) is 0 Å². The van der Waals surface area contributed by atoms with Crippen molar-refractivity contribution in [2.75, 3.05) is 6.61 Å². The minimum Gasteiger partial charge on any atom is -0.396 e. The monoisotopic (exact) mass is 251 g/mol. The molecule has 0 spiro atoms. The van der Waals surface area contributed by atoms with Gasteiger partial charge in [0.25, 0.3) is 0 Å². The van der Waals surface area contributed by atoms with Crippen molar-refractivity contribution in [1.29, 1.82) is 0 Å². The van der Waals surface area contributed by atoms with Gasteiger partial charge >= 0.3 is 0 Å². The molecule has 0 aliphatic carbocycles. The SMILES string of the molecule is C=CC[C@H](C[C@@H](O)CCO)[C@H](C)S(N)(=O)=O. The number of primary sulfonamides is 1. The molecule has 0 unspecified atom stereocenters. The van der Waals surface area contributed by atoms with E-state index in [2.05, 4.69) is 6.58 Å². The molecule has 3 atom stereocenters. The average molecular weight is 251 g/mol. The van der Waals surface area contributed by atoms with Crippen LogP contribution in [0.1, 0.15) is 26.2 Å². The molecule has 96 valence electrons. The van der Waals surface area contributed by atoms with Gasteiger partial charge in [-0.2, -0.15) is 0 Å². The Morgan fingerprint density at radius 1 is 1.50 bits per heavy atom. The van der Waals surface area contributed by atoms with Gasteiger partial charge in [0.1, 0.15) is 0 Å². The fraction of sp³-hybridized carbons (Fsp3) is 0.800. The summed E-state index contributed by atoms with van der Waals surface area (Å²) >= 11 is 0. The number of rotatable bonds is 8. The Bertz CT molecular complexity index is 302. The highest BCUT2D eigenvalue weighted by Gasteiger charge is 2.27. The highest BCUT2D eigenvalue weighted by Crippen LogP contribution is 2.21. The summed E-state index contributed by atoms with van der Waals surface area (Å²) in [6.45, 7) is 4.96. The summed E-state index contributed by atoms with van der Waals surface area (Å²) in [7, 11) is -3.61. The molecule has 0 saturated carbocycles. The molecule has 0 aliphatic rings. The Morgan fingerprint density at radius 3 is 2.44 bits per heavy atom. The van der Waals surface area contributed by atoms with E-state index < -0.39 is 21.4 Å². The van der Waals surface area contributed by atoms with E-state index in [0.29, 0.717) is 12.8 Å². The Hall–Kier alpha value is -0.430. The predicted octanol–water partition coefficient (Wildman–Crippen LogP) is -0.0109. The zero-order chi connectivity index (χ0) is 12.8. The summed E-state index contributed by atoms with van der Waals surface area (Å²) in [5.41, 5.74) is 0. The predicted molar refractivity (Wildman–Crippen MR) is 63.2 cm³/mol. The van der Waals surface area contributed by atoms with Crippen LogP contribution in [0.2, 0.25) is 0 Å². The lowest BCUT2D eigenvalue weighted by Gasteiger charge is -2.23. The van der Waals surface area contributed by atoms with Gasteiger partial charge in [0.05, 0.1) is 11.4 Å². The Labute approximate surface area is 97.0 Å². The fourth-order valence-corrected chi connectivity index (χ4v) is 2.34. The van der Waals surface area contributed by atoms with Crippen LogP contribution in [-0.2, 0) is 10.0 Å². The molecule has 0 radical (unpaired) electrons. The molecule has 0 aromatic rings. The normalized spacial score (nSPS) is 17.8. The van der Waals surface area contributed by atoms with Gasteiger partial charge in [-0.25, -0.2) is 13.6 Å². The van der Waals surface area contributed by atoms with Gasteiger partial charge in [0.15, 0.2) is 0 Å². The third kappa shape index (κ3) is 5.60. The summed E-state index contributed by atoms with van der Waals surface area (Å²) < 4.78 is 22.4. The van der Waals surface area contributed by atoms with Gasteiger partial charge in [0.2, 0.25) is 10.0 Å². The quantitative estimate of drug-likeness (QED) is 0.528. The molecule has 4 N–H and O–H groups in total. The van der Waals surface area contributed by atoms with E-state index in [1.54, 1.807) is 6.08 Å². The third-order valence-corrected chi connectivity index (χ3v) is 4.11. The van der Waals surface area contributed by atoms with Crippen LogP contribution in [0.15, 0.2) is 12.7 Å². The lowest BCUT2D eigenvalue weighted by Crippen LogP contribution is -2.34. The lowest BCUT2D eigenvalue weighted by molar-refractivity contribution is 0.108. The summed E-state index contributed by atoms with van der Waals surface area (Å²) in [4.78, 5) is 0. The largest absolute Gasteiger partial charge is 0.396 e. The van der Waals surface area contributed by atoms with E-state index in [9.17, 15) is 13.5 Å². The second kappa shape index (κ2) is 7.01. The molecule has 0 rings (SSSR count). The van der Waals surface area contributed by atoms with Crippen molar-refractivity contribution in [3.05, 3.63) is 12.7 Å². The Kier molecular flexibility index (Phi) is 6.82. The minimum atomic E-state index is -3.61.